The first kappa shape index (κ1) is 23.9. The van der Waals surface area contributed by atoms with Gasteiger partial charge < -0.3 is 14.6 Å². The number of nitrogens with zero attached hydrogens (tertiary/aromatic N) is 3. The average Bonchev–Trinajstić information content (AvgIpc) is 3.28. The van der Waals surface area contributed by atoms with E-state index in [4.69, 9.17) is 20.9 Å². The highest BCUT2D eigenvalue weighted by molar-refractivity contribution is 6.34. The maximum atomic E-state index is 12.9. The molecule has 1 amide bonds. The number of benzene rings is 2. The fourth-order valence-corrected chi connectivity index (χ4v) is 4.33. The van der Waals surface area contributed by atoms with Crippen LogP contribution in [0.5, 0.6) is 0 Å². The molecule has 0 saturated carbocycles. The van der Waals surface area contributed by atoms with Gasteiger partial charge in [0, 0.05) is 17.8 Å². The number of carbonyl (C=O) groups excluding carboxylic acids is 2. The molecule has 8 nitrogen and oxygen atoms in total. The molecule has 1 aliphatic rings. The molecule has 1 aromatic heterocycles. The molecule has 178 valence electrons. The first-order chi connectivity index (χ1) is 16.4. The minimum absolute atomic E-state index is 0.0872. The van der Waals surface area contributed by atoms with Gasteiger partial charge >= 0.3 is 5.97 Å². The van der Waals surface area contributed by atoms with Crippen LogP contribution >= 0.6 is 11.6 Å². The quantitative estimate of drug-likeness (QED) is 0.486. The van der Waals surface area contributed by atoms with Crippen LogP contribution in [0, 0.1) is 12.8 Å². The first-order valence-corrected chi connectivity index (χ1v) is 11.7. The van der Waals surface area contributed by atoms with Crippen molar-refractivity contribution in [3.05, 3.63) is 64.5 Å². The number of ether oxygens (including phenoxy) is 1. The molecule has 0 aliphatic carbocycles. The number of piperidine rings is 1. The molecule has 1 aliphatic heterocycles. The number of amides is 1. The maximum Gasteiger partial charge on any atom is 0.339 e. The Balaban J connectivity index is 1.36. The van der Waals surface area contributed by atoms with Crippen molar-refractivity contribution in [1.29, 1.82) is 0 Å². The number of nitrogens with one attached hydrogen (secondary N) is 1. The van der Waals surface area contributed by atoms with Crippen molar-refractivity contribution in [3.63, 3.8) is 0 Å². The van der Waals surface area contributed by atoms with E-state index in [-0.39, 0.29) is 29.0 Å². The zero-order valence-electron chi connectivity index (χ0n) is 19.2. The molecule has 2 aromatic carbocycles. The van der Waals surface area contributed by atoms with Crippen LogP contribution in [0.25, 0.3) is 11.4 Å². The number of aryl methyl sites for hydroxylation is 1. The Morgan fingerprint density at radius 2 is 2.09 bits per heavy atom. The van der Waals surface area contributed by atoms with Crippen LogP contribution in [-0.2, 0) is 16.1 Å². The van der Waals surface area contributed by atoms with Crippen LogP contribution < -0.4 is 5.32 Å². The summed E-state index contributed by atoms with van der Waals surface area (Å²) < 4.78 is 10.5. The highest BCUT2D eigenvalue weighted by Crippen LogP contribution is 2.25. The molecular formula is C25H27ClN4O4. The second-order valence-corrected chi connectivity index (χ2v) is 8.71. The Morgan fingerprint density at radius 1 is 1.26 bits per heavy atom. The molecule has 9 heteroatoms. The van der Waals surface area contributed by atoms with Gasteiger partial charge in [0.2, 0.25) is 17.6 Å². The lowest BCUT2D eigenvalue weighted by molar-refractivity contribution is -0.121. The SMILES string of the molecule is CCOC(=O)c1ccc(NC(=O)C2CCCN(Cc3nc(-c4ccccc4C)no3)C2)cc1Cl. The van der Waals surface area contributed by atoms with Gasteiger partial charge in [-0.2, -0.15) is 4.98 Å². The molecular weight excluding hydrogens is 456 g/mol. The lowest BCUT2D eigenvalue weighted by Gasteiger charge is -2.30. The van der Waals surface area contributed by atoms with E-state index in [0.29, 0.717) is 30.5 Å². The summed E-state index contributed by atoms with van der Waals surface area (Å²) in [5.41, 5.74) is 2.84. The molecule has 0 bridgehead atoms. The number of hydrogen-bond acceptors (Lipinski definition) is 7. The van der Waals surface area contributed by atoms with Crippen LogP contribution in [0.3, 0.4) is 0 Å². The zero-order valence-corrected chi connectivity index (χ0v) is 20.0. The van der Waals surface area contributed by atoms with Gasteiger partial charge in [-0.3, -0.25) is 9.69 Å². The normalized spacial score (nSPS) is 16.3. The van der Waals surface area contributed by atoms with Crippen molar-refractivity contribution >= 4 is 29.2 Å². The van der Waals surface area contributed by atoms with E-state index in [9.17, 15) is 9.59 Å². The lowest BCUT2D eigenvalue weighted by Crippen LogP contribution is -2.40. The van der Waals surface area contributed by atoms with E-state index in [1.54, 1.807) is 25.1 Å². The standard InChI is InChI=1S/C25H27ClN4O4/c1-3-33-25(32)20-11-10-18(13-21(20)26)27-24(31)17-8-6-12-30(14-17)15-22-28-23(29-34-22)19-9-5-4-7-16(19)2/h4-5,7,9-11,13,17H,3,6,8,12,14-15H2,1-2H3,(H,27,31). The number of likely N-dealkylation sites (tertiary alicyclic amines) is 1. The van der Waals surface area contributed by atoms with Crippen LogP contribution in [0.1, 0.15) is 41.6 Å². The minimum Gasteiger partial charge on any atom is -0.462 e. The second kappa shape index (κ2) is 10.8. The Kier molecular flexibility index (Phi) is 7.59. The first-order valence-electron chi connectivity index (χ1n) is 11.3. The Bertz CT molecular complexity index is 1180. The fourth-order valence-electron chi connectivity index (χ4n) is 4.07. The second-order valence-electron chi connectivity index (χ2n) is 8.31. The summed E-state index contributed by atoms with van der Waals surface area (Å²) >= 11 is 6.22. The van der Waals surface area contributed by atoms with E-state index in [2.05, 4.69) is 20.4 Å². The summed E-state index contributed by atoms with van der Waals surface area (Å²) in [6, 6.07) is 12.7. The van der Waals surface area contributed by atoms with Gasteiger partial charge in [0.05, 0.1) is 29.7 Å². The van der Waals surface area contributed by atoms with Gasteiger partial charge in [-0.05, 0) is 57.0 Å². The molecule has 0 spiro atoms. The van der Waals surface area contributed by atoms with Crippen molar-refractivity contribution in [1.82, 2.24) is 15.0 Å². The molecule has 0 radical (unpaired) electrons. The third-order valence-electron chi connectivity index (χ3n) is 5.82. The maximum absolute atomic E-state index is 12.9. The van der Waals surface area contributed by atoms with Gasteiger partial charge in [0.1, 0.15) is 0 Å². The Labute approximate surface area is 203 Å². The molecule has 2 heterocycles. The summed E-state index contributed by atoms with van der Waals surface area (Å²) in [6.07, 6.45) is 1.68. The van der Waals surface area contributed by atoms with Crippen molar-refractivity contribution in [2.24, 2.45) is 5.92 Å². The zero-order chi connectivity index (χ0) is 24.1. The fraction of sp³-hybridized carbons (Fsp3) is 0.360. The molecule has 4 rings (SSSR count). The van der Waals surface area contributed by atoms with Crippen LogP contribution in [-0.4, -0.2) is 46.6 Å². The number of anilines is 1. The van der Waals surface area contributed by atoms with Crippen molar-refractivity contribution in [2.75, 3.05) is 25.0 Å². The summed E-state index contributed by atoms with van der Waals surface area (Å²) in [6.45, 7) is 5.94. The minimum atomic E-state index is -0.486. The number of hydrogen-bond donors (Lipinski definition) is 1. The Hall–Kier alpha value is -3.23. The van der Waals surface area contributed by atoms with Crippen LogP contribution in [0.15, 0.2) is 47.0 Å². The number of carbonyl (C=O) groups is 2. The van der Waals surface area contributed by atoms with Gasteiger partial charge in [-0.15, -0.1) is 0 Å². The van der Waals surface area contributed by atoms with E-state index in [1.165, 1.54) is 0 Å². The highest BCUT2D eigenvalue weighted by Gasteiger charge is 2.27. The molecule has 1 saturated heterocycles. The lowest BCUT2D eigenvalue weighted by atomic mass is 9.97. The average molecular weight is 483 g/mol. The van der Waals surface area contributed by atoms with E-state index >= 15 is 0 Å². The third-order valence-corrected chi connectivity index (χ3v) is 6.13. The van der Waals surface area contributed by atoms with Gasteiger partial charge in [-0.1, -0.05) is 41.0 Å². The number of halogens is 1. The smallest absolute Gasteiger partial charge is 0.339 e. The van der Waals surface area contributed by atoms with Crippen molar-refractivity contribution in [3.8, 4) is 11.4 Å². The molecule has 1 unspecified atom stereocenters. The molecule has 1 fully saturated rings. The molecule has 1 atom stereocenters. The van der Waals surface area contributed by atoms with Crippen molar-refractivity contribution in [2.45, 2.75) is 33.2 Å². The summed E-state index contributed by atoms with van der Waals surface area (Å²) in [5, 5.41) is 7.28. The van der Waals surface area contributed by atoms with E-state index in [0.717, 1.165) is 30.5 Å². The Morgan fingerprint density at radius 3 is 2.85 bits per heavy atom. The third kappa shape index (κ3) is 5.63. The van der Waals surface area contributed by atoms with Crippen LogP contribution in [0.4, 0.5) is 5.69 Å². The highest BCUT2D eigenvalue weighted by atomic mass is 35.5. The van der Waals surface area contributed by atoms with Crippen molar-refractivity contribution < 1.29 is 18.8 Å². The van der Waals surface area contributed by atoms with E-state index < -0.39 is 5.97 Å². The predicted molar refractivity (Wildman–Crippen MR) is 129 cm³/mol. The summed E-state index contributed by atoms with van der Waals surface area (Å²) in [4.78, 5) is 31.5. The molecule has 34 heavy (non-hydrogen) atoms. The molecule has 3 aromatic rings. The predicted octanol–water partition coefficient (Wildman–Crippen LogP) is 4.73. The van der Waals surface area contributed by atoms with E-state index in [1.807, 2.05) is 31.2 Å². The van der Waals surface area contributed by atoms with Crippen LogP contribution in [0.2, 0.25) is 5.02 Å². The number of rotatable bonds is 7. The summed E-state index contributed by atoms with van der Waals surface area (Å²) in [7, 11) is 0. The number of aromatic nitrogens is 2. The monoisotopic (exact) mass is 482 g/mol. The number of esters is 1. The topological polar surface area (TPSA) is 97.6 Å². The summed E-state index contributed by atoms with van der Waals surface area (Å²) in [5.74, 6) is 0.342. The van der Waals surface area contributed by atoms with Gasteiger partial charge in [0.25, 0.3) is 0 Å². The molecule has 1 N–H and O–H groups in total. The van der Waals surface area contributed by atoms with Gasteiger partial charge in [-0.25, -0.2) is 4.79 Å². The largest absolute Gasteiger partial charge is 0.462 e. The van der Waals surface area contributed by atoms with Gasteiger partial charge in [0.15, 0.2) is 0 Å².